The van der Waals surface area contributed by atoms with Crippen molar-refractivity contribution in [1.29, 1.82) is 0 Å². The monoisotopic (exact) mass is 575 g/mol. The van der Waals surface area contributed by atoms with Crippen molar-refractivity contribution < 1.29 is 4.79 Å². The number of anilines is 3. The molecule has 0 fully saturated rings. The predicted molar refractivity (Wildman–Crippen MR) is 166 cm³/mol. The van der Waals surface area contributed by atoms with Crippen LogP contribution in [0.25, 0.3) is 16.9 Å². The van der Waals surface area contributed by atoms with E-state index >= 15 is 0 Å². The van der Waals surface area contributed by atoms with Crippen LogP contribution in [0, 0.1) is 0 Å². The Kier molecular flexibility index (Phi) is 7.83. The highest BCUT2D eigenvalue weighted by atomic mass is 16.1. The molecule has 1 aromatic carbocycles. The highest BCUT2D eigenvalue weighted by Gasteiger charge is 2.16. The molecule has 0 saturated heterocycles. The third-order valence-electron chi connectivity index (χ3n) is 6.88. The number of carbonyl (C=O) groups is 1. The second-order valence-electron chi connectivity index (χ2n) is 10.6. The van der Waals surface area contributed by atoms with Gasteiger partial charge in [0.2, 0.25) is 17.8 Å². The van der Waals surface area contributed by atoms with E-state index in [2.05, 4.69) is 52.6 Å². The Morgan fingerprint density at radius 1 is 1.09 bits per heavy atom. The highest BCUT2D eigenvalue weighted by Crippen LogP contribution is 2.21. The zero-order valence-corrected chi connectivity index (χ0v) is 24.0. The Hall–Kier alpha value is -5.49. The average molecular weight is 576 g/mol. The third kappa shape index (κ3) is 6.71. The number of fused-ring (bicyclic) bond motifs is 1. The maximum atomic E-state index is 12.9. The molecule has 5 N–H and O–H groups in total. The second kappa shape index (κ2) is 12.2. The molecule has 0 atom stereocenters. The molecule has 0 radical (unpaired) electrons. The Bertz CT molecular complexity index is 1790. The third-order valence-corrected chi connectivity index (χ3v) is 6.88. The smallest absolute Gasteiger partial charge is 0.249 e. The predicted octanol–water partition coefficient (Wildman–Crippen LogP) is 3.50. The number of hydrogen-bond donors (Lipinski definition) is 4. The molecule has 1 aliphatic heterocycles. The van der Waals surface area contributed by atoms with Gasteiger partial charge in [0.15, 0.2) is 5.82 Å². The molecule has 0 spiro atoms. The van der Waals surface area contributed by atoms with Gasteiger partial charge in [0, 0.05) is 49.0 Å². The molecule has 12 nitrogen and oxygen atoms in total. The van der Waals surface area contributed by atoms with E-state index in [1.165, 1.54) is 10.2 Å². The summed E-state index contributed by atoms with van der Waals surface area (Å²) in [5.41, 5.74) is 12.4. The summed E-state index contributed by atoms with van der Waals surface area (Å²) in [5.74, 6) is 1.02. The Morgan fingerprint density at radius 3 is 2.74 bits per heavy atom. The van der Waals surface area contributed by atoms with Crippen LogP contribution in [0.1, 0.15) is 16.8 Å². The Morgan fingerprint density at radius 2 is 1.95 bits per heavy atom. The molecule has 0 bridgehead atoms. The number of pyridine rings is 2. The van der Waals surface area contributed by atoms with Gasteiger partial charge in [-0.05, 0) is 73.9 Å². The quantitative estimate of drug-likeness (QED) is 0.197. The molecule has 0 unspecified atom stereocenters. The number of hydrogen-bond acceptors (Lipinski definition) is 9. The molecule has 1 aliphatic rings. The van der Waals surface area contributed by atoms with Crippen LogP contribution in [0.4, 0.5) is 17.6 Å². The van der Waals surface area contributed by atoms with Gasteiger partial charge in [0.25, 0.3) is 0 Å². The van der Waals surface area contributed by atoms with E-state index in [4.69, 9.17) is 10.7 Å². The summed E-state index contributed by atoms with van der Waals surface area (Å²) in [6, 6.07) is 17.7. The largest absolute Gasteiger partial charge is 0.369 e. The van der Waals surface area contributed by atoms with Gasteiger partial charge in [-0.3, -0.25) is 9.78 Å². The fourth-order valence-corrected chi connectivity index (χ4v) is 4.88. The number of carbonyl (C=O) groups excluding carboxylic acids is 1. The molecule has 5 aromatic rings. The summed E-state index contributed by atoms with van der Waals surface area (Å²) in [6.45, 7) is 2.40. The number of nitrogens with one attached hydrogen (secondary N) is 3. The number of nitrogen functional groups attached to an aromatic ring is 1. The first-order chi connectivity index (χ1) is 20.9. The molecular weight excluding hydrogens is 542 g/mol. The van der Waals surface area contributed by atoms with E-state index in [1.54, 1.807) is 6.20 Å². The van der Waals surface area contributed by atoms with Crippen LogP contribution in [-0.4, -0.2) is 66.1 Å². The highest BCUT2D eigenvalue weighted by molar-refractivity contribution is 5.94. The molecule has 4 aromatic heterocycles. The first kappa shape index (κ1) is 27.7. The van der Waals surface area contributed by atoms with Gasteiger partial charge < -0.3 is 31.2 Å². The number of nitrogens with zero attached hydrogens (tertiary/aromatic N) is 7. The number of aromatic nitrogens is 6. The van der Waals surface area contributed by atoms with E-state index in [9.17, 15) is 4.79 Å². The SMILES string of the molecule is CN(C)Cc1ccc(Nc2nc(N)n(-c3ccc4[nH]c(CNC(=O)C5=CC=CN(Cc6cccnc6)C5)cc4n3)n2)cc1. The van der Waals surface area contributed by atoms with Crippen LogP contribution in [0.3, 0.4) is 0 Å². The normalized spacial score (nSPS) is 13.0. The minimum atomic E-state index is -0.115. The first-order valence-electron chi connectivity index (χ1n) is 13.9. The molecule has 5 heterocycles. The van der Waals surface area contributed by atoms with Gasteiger partial charge in [-0.1, -0.05) is 24.3 Å². The molecule has 43 heavy (non-hydrogen) atoms. The van der Waals surface area contributed by atoms with Crippen molar-refractivity contribution in [3.63, 3.8) is 0 Å². The Labute approximate surface area is 249 Å². The van der Waals surface area contributed by atoms with E-state index in [-0.39, 0.29) is 11.9 Å². The van der Waals surface area contributed by atoms with Crippen LogP contribution >= 0.6 is 0 Å². The van der Waals surface area contributed by atoms with Gasteiger partial charge in [-0.2, -0.15) is 9.67 Å². The Balaban J connectivity index is 1.08. The number of H-pyrrole nitrogens is 1. The summed E-state index contributed by atoms with van der Waals surface area (Å²) in [6.07, 6.45) is 9.30. The minimum absolute atomic E-state index is 0.115. The second-order valence-corrected chi connectivity index (χ2v) is 10.6. The maximum Gasteiger partial charge on any atom is 0.249 e. The molecule has 12 heteroatoms. The van der Waals surface area contributed by atoms with Crippen molar-refractivity contribution in [2.75, 3.05) is 31.7 Å². The van der Waals surface area contributed by atoms with Crippen molar-refractivity contribution in [3.05, 3.63) is 108 Å². The lowest BCUT2D eigenvalue weighted by Gasteiger charge is -2.24. The van der Waals surface area contributed by atoms with Crippen LogP contribution in [-0.2, 0) is 24.4 Å². The van der Waals surface area contributed by atoms with Crippen LogP contribution in [0.2, 0.25) is 0 Å². The standard InChI is InChI=1S/C31H33N11O/c1-40(2)18-21-7-9-24(10-8-21)36-31-38-30(32)42(39-31)28-12-11-26-27(37-28)15-25(35-26)17-34-29(43)23-6-4-14-41(20-23)19-22-5-3-13-33-16-22/h3-16,35H,17-20H2,1-2H3,(H,34,43)(H3,32,36,38,39). The van der Waals surface area contributed by atoms with Crippen LogP contribution < -0.4 is 16.4 Å². The zero-order chi connectivity index (χ0) is 29.8. The van der Waals surface area contributed by atoms with E-state index in [0.717, 1.165) is 34.5 Å². The van der Waals surface area contributed by atoms with E-state index in [0.29, 0.717) is 37.0 Å². The first-order valence-corrected chi connectivity index (χ1v) is 13.9. The lowest BCUT2D eigenvalue weighted by molar-refractivity contribution is -0.117. The summed E-state index contributed by atoms with van der Waals surface area (Å²) in [4.78, 5) is 33.7. The lowest BCUT2D eigenvalue weighted by atomic mass is 10.1. The van der Waals surface area contributed by atoms with Crippen molar-refractivity contribution >= 4 is 34.5 Å². The number of nitrogens with two attached hydrogens (primary N) is 1. The topological polar surface area (TPSA) is 146 Å². The van der Waals surface area contributed by atoms with Gasteiger partial charge in [0.05, 0.1) is 17.6 Å². The van der Waals surface area contributed by atoms with Gasteiger partial charge in [-0.25, -0.2) is 4.98 Å². The summed E-state index contributed by atoms with van der Waals surface area (Å²) in [5, 5.41) is 10.7. The number of aromatic amines is 1. The molecular formula is C31H33N11O. The fraction of sp³-hybridized carbons (Fsp3) is 0.194. The fourth-order valence-electron chi connectivity index (χ4n) is 4.88. The van der Waals surface area contributed by atoms with E-state index in [1.807, 2.05) is 81.1 Å². The minimum Gasteiger partial charge on any atom is -0.369 e. The van der Waals surface area contributed by atoms with Crippen molar-refractivity contribution in [1.82, 2.24) is 44.8 Å². The number of benzene rings is 1. The summed E-state index contributed by atoms with van der Waals surface area (Å²) >= 11 is 0. The molecule has 6 rings (SSSR count). The van der Waals surface area contributed by atoms with Gasteiger partial charge in [-0.15, -0.1) is 5.10 Å². The summed E-state index contributed by atoms with van der Waals surface area (Å²) in [7, 11) is 4.08. The molecule has 0 aliphatic carbocycles. The van der Waals surface area contributed by atoms with Gasteiger partial charge in [0.1, 0.15) is 0 Å². The van der Waals surface area contributed by atoms with Crippen molar-refractivity contribution in [2.24, 2.45) is 0 Å². The van der Waals surface area contributed by atoms with Crippen molar-refractivity contribution in [3.8, 4) is 5.82 Å². The number of allylic oxidation sites excluding steroid dienone is 2. The van der Waals surface area contributed by atoms with Crippen LogP contribution in [0.15, 0.2) is 90.9 Å². The average Bonchev–Trinajstić information content (AvgIpc) is 3.59. The van der Waals surface area contributed by atoms with Gasteiger partial charge >= 0.3 is 0 Å². The zero-order valence-electron chi connectivity index (χ0n) is 24.0. The summed E-state index contributed by atoms with van der Waals surface area (Å²) < 4.78 is 1.50. The molecule has 218 valence electrons. The van der Waals surface area contributed by atoms with Crippen molar-refractivity contribution in [2.45, 2.75) is 19.6 Å². The molecule has 0 saturated carbocycles. The lowest BCUT2D eigenvalue weighted by Crippen LogP contribution is -2.32. The van der Waals surface area contributed by atoms with E-state index < -0.39 is 0 Å². The van der Waals surface area contributed by atoms with Crippen LogP contribution in [0.5, 0.6) is 0 Å². The number of amides is 1. The molecule has 1 amide bonds. The maximum absolute atomic E-state index is 12.9. The number of rotatable bonds is 10.